The van der Waals surface area contributed by atoms with E-state index in [-0.39, 0.29) is 0 Å². The third-order valence-corrected chi connectivity index (χ3v) is 3.13. The van der Waals surface area contributed by atoms with Crippen molar-refractivity contribution >= 4 is 25.4 Å². The molecule has 0 aliphatic heterocycles. The van der Waals surface area contributed by atoms with Crippen LogP contribution < -0.4 is 0 Å². The van der Waals surface area contributed by atoms with Gasteiger partial charge in [0.2, 0.25) is 0 Å². The lowest BCUT2D eigenvalue weighted by molar-refractivity contribution is -0.388. The van der Waals surface area contributed by atoms with Crippen LogP contribution in [-0.4, -0.2) is 18.3 Å². The summed E-state index contributed by atoms with van der Waals surface area (Å²) in [5, 5.41) is 19.3. The second-order valence-corrected chi connectivity index (χ2v) is 5.37. The molecule has 1 aromatic heterocycles. The summed E-state index contributed by atoms with van der Waals surface area (Å²) >= 11 is 0. The summed E-state index contributed by atoms with van der Waals surface area (Å²) in [4.78, 5) is 11.3. The van der Waals surface area contributed by atoms with E-state index in [1.54, 1.807) is 0 Å². The maximum atomic E-state index is 12.5. The van der Waals surface area contributed by atoms with Gasteiger partial charge in [0.15, 0.2) is 10.5 Å². The van der Waals surface area contributed by atoms with Crippen molar-refractivity contribution in [2.24, 2.45) is 0 Å². The topological polar surface area (TPSA) is 114 Å². The van der Waals surface area contributed by atoms with Crippen molar-refractivity contribution in [2.45, 2.75) is 11.3 Å². The first-order valence-corrected chi connectivity index (χ1v) is 6.31. The van der Waals surface area contributed by atoms with Crippen LogP contribution in [0.3, 0.4) is 0 Å². The van der Waals surface area contributed by atoms with Gasteiger partial charge < -0.3 is 0 Å². The summed E-state index contributed by atoms with van der Waals surface area (Å²) in [5.74, 6) is 0. The molecule has 0 unspecified atom stereocenters. The maximum absolute atomic E-state index is 12.5. The minimum Gasteiger partial charge on any atom is -0.258 e. The van der Waals surface area contributed by atoms with Crippen LogP contribution in [0.1, 0.15) is 17.7 Å². The van der Waals surface area contributed by atoms with Gasteiger partial charge in [-0.05, 0) is 0 Å². The van der Waals surface area contributed by atoms with Crippen molar-refractivity contribution in [1.82, 2.24) is 4.98 Å². The molecule has 1 rings (SSSR count). The Labute approximate surface area is 103 Å². The minimum atomic E-state index is -4.58. The molecule has 0 amide bonds. The molecule has 0 atom stereocenters. The van der Waals surface area contributed by atoms with Gasteiger partial charge in [-0.3, -0.25) is 15.1 Å². The average Bonchev–Trinajstić information content (AvgIpc) is 2.25. The molecule has 18 heavy (non-hydrogen) atoms. The van der Waals surface area contributed by atoms with Crippen LogP contribution in [0.25, 0.3) is 0 Å². The first-order chi connectivity index (χ1) is 8.20. The Morgan fingerprint density at radius 2 is 2.11 bits per heavy atom. The lowest BCUT2D eigenvalue weighted by Gasteiger charge is -2.05. The quantitative estimate of drug-likeness (QED) is 0.477. The molecule has 0 aliphatic rings. The number of rotatable bonds is 3. The molecule has 0 aromatic carbocycles. The van der Waals surface area contributed by atoms with E-state index in [9.17, 15) is 27.3 Å². The Balaban J connectivity index is 3.83. The summed E-state index contributed by atoms with van der Waals surface area (Å²) in [5.41, 5.74) is -3.61. The molecule has 96 valence electrons. The standard InChI is InChI=1S/C7H2ClF2N3O4S/c8-18(16,17)4-2-12-5(7(9)10)3(1-11)6(4)13(14)15/h2,7H. The van der Waals surface area contributed by atoms with Gasteiger partial charge in [-0.2, -0.15) is 5.26 Å². The van der Waals surface area contributed by atoms with E-state index >= 15 is 0 Å². The molecule has 0 saturated heterocycles. The van der Waals surface area contributed by atoms with Crippen LogP contribution in [0.5, 0.6) is 0 Å². The fourth-order valence-corrected chi connectivity index (χ4v) is 2.06. The first kappa shape index (κ1) is 14.2. The zero-order chi connectivity index (χ0) is 14.1. The Bertz CT molecular complexity index is 655. The molecule has 0 fully saturated rings. The zero-order valence-corrected chi connectivity index (χ0v) is 9.74. The van der Waals surface area contributed by atoms with E-state index in [0.29, 0.717) is 6.20 Å². The van der Waals surface area contributed by atoms with E-state index in [0.717, 1.165) is 6.07 Å². The number of aromatic nitrogens is 1. The Morgan fingerprint density at radius 3 is 2.44 bits per heavy atom. The largest absolute Gasteiger partial charge is 0.310 e. The monoisotopic (exact) mass is 297 g/mol. The molecule has 0 N–H and O–H groups in total. The molecule has 7 nitrogen and oxygen atoms in total. The van der Waals surface area contributed by atoms with Gasteiger partial charge in [-0.1, -0.05) is 0 Å². The molecule has 0 radical (unpaired) electrons. The van der Waals surface area contributed by atoms with Crippen molar-refractivity contribution in [2.75, 3.05) is 0 Å². The Hall–Kier alpha value is -1.86. The lowest BCUT2D eigenvalue weighted by atomic mass is 10.2. The number of alkyl halides is 2. The maximum Gasteiger partial charge on any atom is 0.310 e. The summed E-state index contributed by atoms with van der Waals surface area (Å²) in [7, 11) is 0.318. The van der Waals surface area contributed by atoms with Gasteiger partial charge in [0.05, 0.1) is 11.1 Å². The number of nitrogens with zero attached hydrogens (tertiary/aromatic N) is 3. The van der Waals surface area contributed by atoms with Crippen LogP contribution in [0, 0.1) is 21.4 Å². The third kappa shape index (κ3) is 2.52. The lowest BCUT2D eigenvalue weighted by Crippen LogP contribution is -2.07. The van der Waals surface area contributed by atoms with Gasteiger partial charge in [0, 0.05) is 10.7 Å². The van der Waals surface area contributed by atoms with Crippen molar-refractivity contribution in [1.29, 1.82) is 5.26 Å². The normalized spacial score (nSPS) is 11.3. The number of hydrogen-bond acceptors (Lipinski definition) is 6. The molecule has 11 heteroatoms. The highest BCUT2D eigenvalue weighted by Gasteiger charge is 2.33. The second-order valence-electron chi connectivity index (χ2n) is 2.84. The summed E-state index contributed by atoms with van der Waals surface area (Å²) < 4.78 is 47.0. The van der Waals surface area contributed by atoms with Crippen molar-refractivity contribution in [3.63, 3.8) is 0 Å². The predicted molar refractivity (Wildman–Crippen MR) is 53.6 cm³/mol. The highest BCUT2D eigenvalue weighted by atomic mass is 35.7. The Morgan fingerprint density at radius 1 is 1.56 bits per heavy atom. The predicted octanol–water partition coefficient (Wildman–Crippen LogP) is 1.73. The van der Waals surface area contributed by atoms with Crippen LogP contribution >= 0.6 is 10.7 Å². The van der Waals surface area contributed by atoms with E-state index < -0.39 is 42.2 Å². The van der Waals surface area contributed by atoms with E-state index in [2.05, 4.69) is 4.98 Å². The van der Waals surface area contributed by atoms with Crippen molar-refractivity contribution < 1.29 is 22.1 Å². The highest BCUT2D eigenvalue weighted by molar-refractivity contribution is 8.13. The molecule has 0 aliphatic carbocycles. The van der Waals surface area contributed by atoms with Gasteiger partial charge in [-0.15, -0.1) is 0 Å². The van der Waals surface area contributed by atoms with Crippen LogP contribution in [0.4, 0.5) is 14.5 Å². The smallest absolute Gasteiger partial charge is 0.258 e. The van der Waals surface area contributed by atoms with Gasteiger partial charge in [0.25, 0.3) is 15.5 Å². The Kier molecular flexibility index (Phi) is 3.78. The van der Waals surface area contributed by atoms with Crippen LogP contribution in [-0.2, 0) is 9.05 Å². The van der Waals surface area contributed by atoms with E-state index in [1.807, 2.05) is 0 Å². The average molecular weight is 298 g/mol. The van der Waals surface area contributed by atoms with Crippen molar-refractivity contribution in [3.05, 3.63) is 27.6 Å². The third-order valence-electron chi connectivity index (χ3n) is 1.81. The summed E-state index contributed by atoms with van der Waals surface area (Å²) in [6, 6.07) is 1.13. The molecule has 0 spiro atoms. The number of nitro groups is 1. The minimum absolute atomic E-state index is 0.322. The van der Waals surface area contributed by atoms with Gasteiger partial charge in [-0.25, -0.2) is 17.2 Å². The molecular weight excluding hydrogens is 296 g/mol. The van der Waals surface area contributed by atoms with Crippen molar-refractivity contribution in [3.8, 4) is 6.07 Å². The number of nitriles is 1. The summed E-state index contributed by atoms with van der Waals surface area (Å²) in [6.45, 7) is 0. The first-order valence-electron chi connectivity index (χ1n) is 4.00. The molecule has 1 heterocycles. The molecule has 1 aromatic rings. The van der Waals surface area contributed by atoms with Crippen LogP contribution in [0.15, 0.2) is 11.1 Å². The highest BCUT2D eigenvalue weighted by Crippen LogP contribution is 2.34. The summed E-state index contributed by atoms with van der Waals surface area (Å²) in [6.07, 6.45) is -2.94. The molecule has 0 saturated carbocycles. The van der Waals surface area contributed by atoms with Gasteiger partial charge in [0.1, 0.15) is 11.8 Å². The molecular formula is C7H2ClF2N3O4S. The fraction of sp³-hybridized carbons (Fsp3) is 0.143. The number of halogens is 3. The molecule has 0 bridgehead atoms. The van der Waals surface area contributed by atoms with E-state index in [1.165, 1.54) is 0 Å². The number of hydrogen-bond donors (Lipinski definition) is 0. The fourth-order valence-electron chi connectivity index (χ4n) is 1.13. The number of pyridine rings is 1. The van der Waals surface area contributed by atoms with Gasteiger partial charge >= 0.3 is 5.69 Å². The van der Waals surface area contributed by atoms with E-state index in [4.69, 9.17) is 15.9 Å². The second kappa shape index (κ2) is 4.79. The zero-order valence-electron chi connectivity index (χ0n) is 8.17. The SMILES string of the molecule is N#Cc1c(C(F)F)ncc(S(=O)(=O)Cl)c1[N+](=O)[O-]. The van der Waals surface area contributed by atoms with Crippen LogP contribution in [0.2, 0.25) is 0 Å².